The monoisotopic (exact) mass is 160 g/mol. The molecule has 1 unspecified atom stereocenters. The fraction of sp³-hybridized carbons (Fsp3) is 0.778. The summed E-state index contributed by atoms with van der Waals surface area (Å²) in [5.41, 5.74) is 0. The number of allylic oxidation sites excluding steroid dienone is 2. The smallest absolute Gasteiger partial charge is 0.0258 e. The van der Waals surface area contributed by atoms with E-state index in [9.17, 15) is 0 Å². The number of alkyl halides is 1. The van der Waals surface area contributed by atoms with E-state index in [0.717, 1.165) is 18.2 Å². The predicted octanol–water partition coefficient (Wildman–Crippen LogP) is 3.46. The molecule has 0 radical (unpaired) electrons. The minimum absolute atomic E-state index is 0.684. The van der Waals surface area contributed by atoms with Gasteiger partial charge < -0.3 is 0 Å². The van der Waals surface area contributed by atoms with E-state index >= 15 is 0 Å². The summed E-state index contributed by atoms with van der Waals surface area (Å²) in [6.07, 6.45) is 5.41. The lowest BCUT2D eigenvalue weighted by Crippen LogP contribution is -1.98. The molecule has 0 amide bonds. The summed E-state index contributed by atoms with van der Waals surface area (Å²) < 4.78 is 0. The molecule has 0 aliphatic rings. The van der Waals surface area contributed by atoms with Crippen molar-refractivity contribution >= 4 is 11.6 Å². The van der Waals surface area contributed by atoms with Crippen LogP contribution in [0.25, 0.3) is 0 Å². The Morgan fingerprint density at radius 3 is 2.30 bits per heavy atom. The molecule has 0 aromatic rings. The van der Waals surface area contributed by atoms with Crippen molar-refractivity contribution < 1.29 is 0 Å². The molecule has 0 bridgehead atoms. The van der Waals surface area contributed by atoms with Gasteiger partial charge in [0.15, 0.2) is 0 Å². The average Bonchev–Trinajstić information content (AvgIpc) is 1.88. The van der Waals surface area contributed by atoms with E-state index < -0.39 is 0 Å². The molecule has 10 heavy (non-hydrogen) atoms. The zero-order valence-corrected chi connectivity index (χ0v) is 7.86. The molecule has 0 nitrogen and oxygen atoms in total. The zero-order valence-electron chi connectivity index (χ0n) is 7.10. The van der Waals surface area contributed by atoms with Crippen LogP contribution in [0.5, 0.6) is 0 Å². The fourth-order valence-electron chi connectivity index (χ4n) is 0.596. The van der Waals surface area contributed by atoms with Gasteiger partial charge >= 0.3 is 0 Å². The summed E-state index contributed by atoms with van der Waals surface area (Å²) in [5, 5.41) is 0. The first-order valence-corrected chi connectivity index (χ1v) is 4.44. The molecule has 0 aromatic carbocycles. The first kappa shape index (κ1) is 10.0. The normalized spacial score (nSPS) is 14.9. The van der Waals surface area contributed by atoms with E-state index in [1.165, 1.54) is 0 Å². The maximum Gasteiger partial charge on any atom is 0.0258 e. The molecule has 0 N–H and O–H groups in total. The second kappa shape index (κ2) is 5.79. The van der Waals surface area contributed by atoms with Crippen molar-refractivity contribution in [2.45, 2.75) is 27.2 Å². The number of hydrogen-bond acceptors (Lipinski definition) is 0. The van der Waals surface area contributed by atoms with Crippen LogP contribution >= 0.6 is 11.6 Å². The van der Waals surface area contributed by atoms with Crippen molar-refractivity contribution in [2.75, 3.05) is 5.88 Å². The van der Waals surface area contributed by atoms with Gasteiger partial charge in [-0.25, -0.2) is 0 Å². The van der Waals surface area contributed by atoms with Crippen molar-refractivity contribution in [1.82, 2.24) is 0 Å². The topological polar surface area (TPSA) is 0 Å². The highest BCUT2D eigenvalue weighted by Crippen LogP contribution is 2.10. The average molecular weight is 161 g/mol. The predicted molar refractivity (Wildman–Crippen MR) is 48.5 cm³/mol. The van der Waals surface area contributed by atoms with Crippen LogP contribution in [-0.2, 0) is 0 Å². The van der Waals surface area contributed by atoms with Crippen molar-refractivity contribution in [3.8, 4) is 0 Å². The van der Waals surface area contributed by atoms with Crippen LogP contribution in [0.15, 0.2) is 12.2 Å². The zero-order chi connectivity index (χ0) is 7.98. The summed E-state index contributed by atoms with van der Waals surface area (Å²) in [7, 11) is 0. The Morgan fingerprint density at radius 1 is 1.30 bits per heavy atom. The van der Waals surface area contributed by atoms with Gasteiger partial charge in [-0.3, -0.25) is 0 Å². The van der Waals surface area contributed by atoms with Gasteiger partial charge in [0.05, 0.1) is 0 Å². The number of rotatable bonds is 4. The molecule has 0 heterocycles. The summed E-state index contributed by atoms with van der Waals surface area (Å²) >= 11 is 5.51. The molecular formula is C9H17Cl. The Kier molecular flexibility index (Phi) is 5.81. The van der Waals surface area contributed by atoms with E-state index in [2.05, 4.69) is 32.9 Å². The van der Waals surface area contributed by atoms with Gasteiger partial charge in [0.25, 0.3) is 0 Å². The van der Waals surface area contributed by atoms with Crippen LogP contribution in [0.1, 0.15) is 27.2 Å². The highest BCUT2D eigenvalue weighted by Gasteiger charge is 2.00. The lowest BCUT2D eigenvalue weighted by Gasteiger charge is -2.08. The highest BCUT2D eigenvalue weighted by molar-refractivity contribution is 6.17. The van der Waals surface area contributed by atoms with Crippen molar-refractivity contribution in [2.24, 2.45) is 11.8 Å². The Morgan fingerprint density at radius 2 is 1.90 bits per heavy atom. The van der Waals surface area contributed by atoms with E-state index in [-0.39, 0.29) is 0 Å². The van der Waals surface area contributed by atoms with E-state index in [4.69, 9.17) is 11.6 Å². The molecule has 0 saturated heterocycles. The fourth-order valence-corrected chi connectivity index (χ4v) is 0.722. The Balaban J connectivity index is 3.45. The second-order valence-corrected chi connectivity index (χ2v) is 3.39. The quantitative estimate of drug-likeness (QED) is 0.437. The molecule has 0 fully saturated rings. The van der Waals surface area contributed by atoms with Crippen LogP contribution in [0.4, 0.5) is 0 Å². The SMILES string of the molecule is CC(C)C(C)/C=C/CCCl. The molecule has 0 spiro atoms. The van der Waals surface area contributed by atoms with Crippen LogP contribution < -0.4 is 0 Å². The lowest BCUT2D eigenvalue weighted by molar-refractivity contribution is 0.503. The van der Waals surface area contributed by atoms with Gasteiger partial charge in [-0.05, 0) is 18.3 Å². The summed E-state index contributed by atoms with van der Waals surface area (Å²) in [5.74, 6) is 2.16. The summed E-state index contributed by atoms with van der Waals surface area (Å²) in [6, 6.07) is 0. The molecule has 0 aliphatic carbocycles. The molecule has 1 atom stereocenters. The summed E-state index contributed by atoms with van der Waals surface area (Å²) in [6.45, 7) is 6.70. The van der Waals surface area contributed by atoms with Gasteiger partial charge in [-0.1, -0.05) is 32.9 Å². The van der Waals surface area contributed by atoms with Crippen LogP contribution in [0.3, 0.4) is 0 Å². The highest BCUT2D eigenvalue weighted by atomic mass is 35.5. The molecule has 0 rings (SSSR count). The van der Waals surface area contributed by atoms with Gasteiger partial charge in [-0.2, -0.15) is 0 Å². The Bertz CT molecular complexity index is 94.9. The van der Waals surface area contributed by atoms with Crippen molar-refractivity contribution in [3.63, 3.8) is 0 Å². The lowest BCUT2D eigenvalue weighted by atomic mass is 9.98. The van der Waals surface area contributed by atoms with Crippen LogP contribution in [0, 0.1) is 11.8 Å². The Hall–Kier alpha value is 0.0300. The largest absolute Gasteiger partial charge is 0.126 e. The summed E-state index contributed by atoms with van der Waals surface area (Å²) in [4.78, 5) is 0. The second-order valence-electron chi connectivity index (χ2n) is 3.01. The van der Waals surface area contributed by atoms with E-state index in [1.807, 2.05) is 0 Å². The minimum atomic E-state index is 0.684. The van der Waals surface area contributed by atoms with Gasteiger partial charge in [0.1, 0.15) is 0 Å². The number of hydrogen-bond donors (Lipinski definition) is 0. The maximum atomic E-state index is 5.51. The number of halogens is 1. The van der Waals surface area contributed by atoms with Crippen molar-refractivity contribution in [3.05, 3.63) is 12.2 Å². The maximum absolute atomic E-state index is 5.51. The third-order valence-corrected chi connectivity index (χ3v) is 1.99. The molecule has 1 heteroatoms. The van der Waals surface area contributed by atoms with Gasteiger partial charge in [0, 0.05) is 5.88 Å². The Labute approximate surface area is 69.3 Å². The molecular weight excluding hydrogens is 144 g/mol. The first-order valence-electron chi connectivity index (χ1n) is 3.91. The minimum Gasteiger partial charge on any atom is -0.126 e. The van der Waals surface area contributed by atoms with Crippen LogP contribution in [0.2, 0.25) is 0 Å². The third-order valence-electron chi connectivity index (χ3n) is 1.77. The van der Waals surface area contributed by atoms with Crippen molar-refractivity contribution in [1.29, 1.82) is 0 Å². The van der Waals surface area contributed by atoms with Gasteiger partial charge in [-0.15, -0.1) is 11.6 Å². The first-order chi connectivity index (χ1) is 4.68. The van der Waals surface area contributed by atoms with Crippen LogP contribution in [-0.4, -0.2) is 5.88 Å². The molecule has 60 valence electrons. The molecule has 0 saturated carbocycles. The molecule has 0 aromatic heterocycles. The standard InChI is InChI=1S/C9H17Cl/c1-8(2)9(3)6-4-5-7-10/h4,6,8-9H,5,7H2,1-3H3/b6-4+. The van der Waals surface area contributed by atoms with Gasteiger partial charge in [0.2, 0.25) is 0 Å². The third kappa shape index (κ3) is 4.87. The van der Waals surface area contributed by atoms with E-state index in [0.29, 0.717) is 5.92 Å². The van der Waals surface area contributed by atoms with E-state index in [1.54, 1.807) is 0 Å². The molecule has 0 aliphatic heterocycles.